The fraction of sp³-hybridized carbons (Fsp3) is 0.375. The highest BCUT2D eigenvalue weighted by atomic mass is 35.5. The number of ether oxygens (including phenoxy) is 1. The Morgan fingerprint density at radius 2 is 1.94 bits per heavy atom. The number of fused-ring (bicyclic) bond motifs is 1. The van der Waals surface area contributed by atoms with E-state index in [1.54, 1.807) is 7.11 Å². The van der Waals surface area contributed by atoms with Crippen molar-refractivity contribution in [3.63, 3.8) is 0 Å². The molecule has 1 saturated carbocycles. The van der Waals surface area contributed by atoms with Gasteiger partial charge in [0.15, 0.2) is 0 Å². The van der Waals surface area contributed by atoms with Crippen molar-refractivity contribution in [3.05, 3.63) is 42.0 Å². The predicted molar refractivity (Wildman–Crippen MR) is 76.7 cm³/mol. The summed E-state index contributed by atoms with van der Waals surface area (Å²) in [7, 11) is 1.70. The molecule has 0 aromatic heterocycles. The van der Waals surface area contributed by atoms with Crippen molar-refractivity contribution >= 4 is 22.4 Å². The van der Waals surface area contributed by atoms with Gasteiger partial charge in [0, 0.05) is 5.88 Å². The Morgan fingerprint density at radius 3 is 2.61 bits per heavy atom. The molecule has 1 fully saturated rings. The first-order valence-corrected chi connectivity index (χ1v) is 6.85. The summed E-state index contributed by atoms with van der Waals surface area (Å²) in [5.41, 5.74) is 1.70. The fourth-order valence-corrected chi connectivity index (χ4v) is 3.19. The monoisotopic (exact) mass is 260 g/mol. The maximum Gasteiger partial charge on any atom is 0.119 e. The van der Waals surface area contributed by atoms with Crippen LogP contribution < -0.4 is 4.74 Å². The summed E-state index contributed by atoms with van der Waals surface area (Å²) in [6.07, 6.45) is 1.21. The Kier molecular flexibility index (Phi) is 2.74. The molecule has 0 N–H and O–H groups in total. The van der Waals surface area contributed by atoms with E-state index in [2.05, 4.69) is 37.3 Å². The smallest absolute Gasteiger partial charge is 0.119 e. The number of halogens is 1. The molecule has 0 amide bonds. The minimum Gasteiger partial charge on any atom is -0.497 e. The number of benzene rings is 2. The lowest BCUT2D eigenvalue weighted by Crippen LogP contribution is -2.04. The minimum atomic E-state index is 0.288. The molecule has 1 nitrogen and oxygen atoms in total. The summed E-state index contributed by atoms with van der Waals surface area (Å²) in [4.78, 5) is 0. The van der Waals surface area contributed by atoms with Crippen LogP contribution >= 0.6 is 11.6 Å². The van der Waals surface area contributed by atoms with E-state index >= 15 is 0 Å². The average Bonchev–Trinajstić information content (AvgIpc) is 3.10. The zero-order valence-electron chi connectivity index (χ0n) is 10.7. The highest BCUT2D eigenvalue weighted by Crippen LogP contribution is 2.54. The summed E-state index contributed by atoms with van der Waals surface area (Å²) >= 11 is 5.97. The van der Waals surface area contributed by atoms with Gasteiger partial charge in [0.05, 0.1) is 7.11 Å². The molecule has 1 aliphatic carbocycles. The molecule has 0 bridgehead atoms. The molecule has 0 saturated heterocycles. The molecule has 2 aromatic carbocycles. The fourth-order valence-electron chi connectivity index (χ4n) is 2.74. The van der Waals surface area contributed by atoms with Crippen LogP contribution in [0, 0.1) is 5.92 Å². The van der Waals surface area contributed by atoms with Crippen molar-refractivity contribution in [2.45, 2.75) is 18.8 Å². The number of alkyl halides is 1. The largest absolute Gasteiger partial charge is 0.497 e. The third-order valence-corrected chi connectivity index (χ3v) is 4.68. The molecule has 2 aromatic rings. The molecular weight excluding hydrogens is 244 g/mol. The van der Waals surface area contributed by atoms with Crippen LogP contribution in [0.5, 0.6) is 5.75 Å². The number of hydrogen-bond acceptors (Lipinski definition) is 1. The molecule has 2 unspecified atom stereocenters. The molecular formula is C16H17ClO. The maximum absolute atomic E-state index is 5.97. The quantitative estimate of drug-likeness (QED) is 0.745. The summed E-state index contributed by atoms with van der Waals surface area (Å²) in [5, 5.41) is 2.50. The topological polar surface area (TPSA) is 9.23 Å². The Labute approximate surface area is 113 Å². The first kappa shape index (κ1) is 11.9. The average molecular weight is 261 g/mol. The van der Waals surface area contributed by atoms with E-state index in [0.717, 1.165) is 11.6 Å². The van der Waals surface area contributed by atoms with E-state index in [4.69, 9.17) is 16.3 Å². The molecule has 1 aliphatic rings. The molecule has 0 radical (unpaired) electrons. The van der Waals surface area contributed by atoms with Gasteiger partial charge in [-0.15, -0.1) is 11.6 Å². The number of hydrogen-bond donors (Lipinski definition) is 0. The van der Waals surface area contributed by atoms with Crippen LogP contribution in [0.25, 0.3) is 10.8 Å². The van der Waals surface area contributed by atoms with Gasteiger partial charge < -0.3 is 4.74 Å². The Hall–Kier alpha value is -1.21. The van der Waals surface area contributed by atoms with Gasteiger partial charge in [0.1, 0.15) is 5.75 Å². The van der Waals surface area contributed by atoms with Crippen LogP contribution in [0.3, 0.4) is 0 Å². The van der Waals surface area contributed by atoms with Crippen LogP contribution in [-0.4, -0.2) is 13.0 Å². The van der Waals surface area contributed by atoms with Crippen LogP contribution in [0.15, 0.2) is 36.4 Å². The Morgan fingerprint density at radius 1 is 1.22 bits per heavy atom. The van der Waals surface area contributed by atoms with E-state index in [-0.39, 0.29) is 5.41 Å². The molecule has 18 heavy (non-hydrogen) atoms. The van der Waals surface area contributed by atoms with Gasteiger partial charge >= 0.3 is 0 Å². The molecule has 94 valence electrons. The van der Waals surface area contributed by atoms with E-state index in [9.17, 15) is 0 Å². The zero-order valence-corrected chi connectivity index (χ0v) is 11.5. The maximum atomic E-state index is 5.97. The zero-order chi connectivity index (χ0) is 12.8. The van der Waals surface area contributed by atoms with Gasteiger partial charge in [0.2, 0.25) is 0 Å². The number of rotatable bonds is 3. The highest BCUT2D eigenvalue weighted by molar-refractivity contribution is 6.18. The predicted octanol–water partition coefficient (Wildman–Crippen LogP) is 4.36. The molecule has 0 spiro atoms. The first-order chi connectivity index (χ1) is 8.67. The van der Waals surface area contributed by atoms with Gasteiger partial charge in [0.25, 0.3) is 0 Å². The molecule has 3 rings (SSSR count). The van der Waals surface area contributed by atoms with Gasteiger partial charge in [-0.3, -0.25) is 0 Å². The standard InChI is InChI=1S/C16H17ClO/c1-16(9-14(16)10-17)13-5-3-12-8-15(18-2)6-4-11(12)7-13/h3-8,14H,9-10H2,1-2H3. The summed E-state index contributed by atoms with van der Waals surface area (Å²) in [6.45, 7) is 2.31. The second-order valence-corrected chi connectivity index (χ2v) is 5.71. The van der Waals surface area contributed by atoms with Crippen LogP contribution in [-0.2, 0) is 5.41 Å². The third kappa shape index (κ3) is 1.78. The lowest BCUT2D eigenvalue weighted by atomic mass is 9.93. The van der Waals surface area contributed by atoms with Gasteiger partial charge in [-0.05, 0) is 46.2 Å². The van der Waals surface area contributed by atoms with Crippen LogP contribution in [0.4, 0.5) is 0 Å². The Balaban J connectivity index is 2.02. The second-order valence-electron chi connectivity index (χ2n) is 5.40. The molecule has 0 heterocycles. The summed E-state index contributed by atoms with van der Waals surface area (Å²) in [5.74, 6) is 2.30. The molecule has 0 aliphatic heterocycles. The number of methoxy groups -OCH3 is 1. The van der Waals surface area contributed by atoms with Gasteiger partial charge in [-0.25, -0.2) is 0 Å². The van der Waals surface area contributed by atoms with E-state index in [1.165, 1.54) is 22.8 Å². The van der Waals surface area contributed by atoms with Crippen molar-refractivity contribution in [2.75, 3.05) is 13.0 Å². The summed E-state index contributed by atoms with van der Waals surface area (Å²) in [6, 6.07) is 12.9. The summed E-state index contributed by atoms with van der Waals surface area (Å²) < 4.78 is 5.25. The first-order valence-electron chi connectivity index (χ1n) is 6.31. The van der Waals surface area contributed by atoms with Crippen LogP contribution in [0.2, 0.25) is 0 Å². The molecule has 2 heteroatoms. The van der Waals surface area contributed by atoms with Crippen molar-refractivity contribution in [1.29, 1.82) is 0 Å². The van der Waals surface area contributed by atoms with Crippen molar-refractivity contribution in [3.8, 4) is 5.75 Å². The Bertz CT molecular complexity index is 593. The lowest BCUT2D eigenvalue weighted by Gasteiger charge is -2.12. The van der Waals surface area contributed by atoms with E-state index in [0.29, 0.717) is 5.92 Å². The van der Waals surface area contributed by atoms with Gasteiger partial charge in [-0.1, -0.05) is 31.2 Å². The van der Waals surface area contributed by atoms with Crippen molar-refractivity contribution in [1.82, 2.24) is 0 Å². The molecule has 2 atom stereocenters. The lowest BCUT2D eigenvalue weighted by molar-refractivity contribution is 0.415. The third-order valence-electron chi connectivity index (χ3n) is 4.30. The van der Waals surface area contributed by atoms with E-state index < -0.39 is 0 Å². The van der Waals surface area contributed by atoms with Gasteiger partial charge in [-0.2, -0.15) is 0 Å². The minimum absolute atomic E-state index is 0.288. The van der Waals surface area contributed by atoms with Crippen LogP contribution in [0.1, 0.15) is 18.9 Å². The second kappa shape index (κ2) is 4.17. The normalized spacial score (nSPS) is 26.3. The van der Waals surface area contributed by atoms with E-state index in [1.807, 2.05) is 6.07 Å². The van der Waals surface area contributed by atoms with Crippen molar-refractivity contribution in [2.24, 2.45) is 5.92 Å². The highest BCUT2D eigenvalue weighted by Gasteiger charge is 2.50. The van der Waals surface area contributed by atoms with Crippen molar-refractivity contribution < 1.29 is 4.74 Å². The SMILES string of the molecule is COc1ccc2cc(C3(C)CC3CCl)ccc2c1.